The van der Waals surface area contributed by atoms with Crippen LogP contribution in [0.5, 0.6) is 0 Å². The summed E-state index contributed by atoms with van der Waals surface area (Å²) >= 11 is 3.06. The summed E-state index contributed by atoms with van der Waals surface area (Å²) in [4.78, 5) is 4.57. The fourth-order valence-corrected chi connectivity index (χ4v) is 2.52. The molecule has 0 spiro atoms. The second-order valence-corrected chi connectivity index (χ2v) is 5.73. The molecular formula is C13H18BrF2N3. The van der Waals surface area contributed by atoms with Gasteiger partial charge in [-0.15, -0.1) is 0 Å². The molecule has 1 saturated heterocycles. The molecule has 1 aliphatic rings. The lowest BCUT2D eigenvalue weighted by molar-refractivity contribution is 0.158. The minimum atomic E-state index is -0.565. The topological polar surface area (TPSA) is 18.5 Å². The van der Waals surface area contributed by atoms with Crippen LogP contribution in [0, 0.1) is 11.6 Å². The summed E-state index contributed by atoms with van der Waals surface area (Å²) in [5.41, 5.74) is -0.0441. The Labute approximate surface area is 120 Å². The van der Waals surface area contributed by atoms with Crippen molar-refractivity contribution in [2.24, 2.45) is 0 Å². The quantitative estimate of drug-likeness (QED) is 0.912. The number of benzene rings is 1. The number of piperazine rings is 1. The molecule has 2 rings (SSSR count). The average Bonchev–Trinajstić information content (AvgIpc) is 2.34. The number of hydrogen-bond acceptors (Lipinski definition) is 3. The SMILES string of the molecule is CN1CCN(CCNc2c(F)cc(Br)cc2F)CC1. The number of nitrogens with zero attached hydrogens (tertiary/aromatic N) is 2. The van der Waals surface area contributed by atoms with Crippen LogP contribution in [0.1, 0.15) is 0 Å². The zero-order chi connectivity index (χ0) is 13.8. The maximum atomic E-state index is 13.6. The maximum absolute atomic E-state index is 13.6. The van der Waals surface area contributed by atoms with Gasteiger partial charge in [0.05, 0.1) is 0 Å². The van der Waals surface area contributed by atoms with Gasteiger partial charge in [-0.25, -0.2) is 8.78 Å². The Kier molecular flexibility index (Phi) is 5.13. The van der Waals surface area contributed by atoms with E-state index in [0.29, 0.717) is 11.0 Å². The van der Waals surface area contributed by atoms with E-state index in [9.17, 15) is 8.78 Å². The summed E-state index contributed by atoms with van der Waals surface area (Å²) in [7, 11) is 2.10. The number of likely N-dealkylation sites (N-methyl/N-ethyl adjacent to an activating group) is 1. The van der Waals surface area contributed by atoms with Crippen LogP contribution in [0.4, 0.5) is 14.5 Å². The van der Waals surface area contributed by atoms with Crippen molar-refractivity contribution in [3.05, 3.63) is 28.2 Å². The molecule has 106 valence electrons. The molecule has 0 atom stereocenters. The van der Waals surface area contributed by atoms with E-state index in [2.05, 4.69) is 38.1 Å². The lowest BCUT2D eigenvalue weighted by Gasteiger charge is -2.32. The summed E-state index contributed by atoms with van der Waals surface area (Å²) < 4.78 is 27.6. The molecular weight excluding hydrogens is 316 g/mol. The largest absolute Gasteiger partial charge is 0.379 e. The lowest BCUT2D eigenvalue weighted by Crippen LogP contribution is -2.45. The summed E-state index contributed by atoms with van der Waals surface area (Å²) in [6.07, 6.45) is 0. The van der Waals surface area contributed by atoms with Crippen LogP contribution in [0.15, 0.2) is 16.6 Å². The Bertz CT molecular complexity index is 411. The highest BCUT2D eigenvalue weighted by atomic mass is 79.9. The van der Waals surface area contributed by atoms with Gasteiger partial charge in [-0.2, -0.15) is 0 Å². The van der Waals surface area contributed by atoms with Gasteiger partial charge in [0.25, 0.3) is 0 Å². The number of halogens is 3. The van der Waals surface area contributed by atoms with Crippen LogP contribution in [0.2, 0.25) is 0 Å². The predicted octanol–water partition coefficient (Wildman–Crippen LogP) is 2.39. The zero-order valence-electron chi connectivity index (χ0n) is 10.9. The maximum Gasteiger partial charge on any atom is 0.150 e. The Morgan fingerprint density at radius 3 is 2.32 bits per heavy atom. The van der Waals surface area contributed by atoms with Crippen molar-refractivity contribution in [1.29, 1.82) is 0 Å². The monoisotopic (exact) mass is 333 g/mol. The Balaban J connectivity index is 1.83. The van der Waals surface area contributed by atoms with E-state index in [1.54, 1.807) is 0 Å². The van der Waals surface area contributed by atoms with Crippen LogP contribution < -0.4 is 5.32 Å². The third-order valence-corrected chi connectivity index (χ3v) is 3.79. The third kappa shape index (κ3) is 4.12. The van der Waals surface area contributed by atoms with Crippen LogP contribution in [0.3, 0.4) is 0 Å². The van der Waals surface area contributed by atoms with Crippen molar-refractivity contribution >= 4 is 21.6 Å². The van der Waals surface area contributed by atoms with Gasteiger partial charge in [-0.3, -0.25) is 4.90 Å². The van der Waals surface area contributed by atoms with Gasteiger partial charge in [0.1, 0.15) is 17.3 Å². The van der Waals surface area contributed by atoms with E-state index in [1.807, 2.05) is 0 Å². The Morgan fingerprint density at radius 1 is 1.16 bits per heavy atom. The fourth-order valence-electron chi connectivity index (χ4n) is 2.12. The highest BCUT2D eigenvalue weighted by Crippen LogP contribution is 2.23. The Morgan fingerprint density at radius 2 is 1.74 bits per heavy atom. The molecule has 1 aromatic rings. The molecule has 0 saturated carbocycles. The molecule has 1 aliphatic heterocycles. The normalized spacial score (nSPS) is 17.7. The zero-order valence-corrected chi connectivity index (χ0v) is 12.5. The van der Waals surface area contributed by atoms with Gasteiger partial charge in [-0.1, -0.05) is 15.9 Å². The minimum absolute atomic E-state index is 0.0441. The lowest BCUT2D eigenvalue weighted by atomic mass is 10.3. The number of rotatable bonds is 4. The molecule has 0 radical (unpaired) electrons. The number of anilines is 1. The van der Waals surface area contributed by atoms with Gasteiger partial charge in [-0.05, 0) is 19.2 Å². The van der Waals surface area contributed by atoms with Crippen LogP contribution in [-0.4, -0.2) is 56.1 Å². The molecule has 0 aliphatic carbocycles. The average molecular weight is 334 g/mol. The van der Waals surface area contributed by atoms with Crippen molar-refractivity contribution in [3.63, 3.8) is 0 Å². The van der Waals surface area contributed by atoms with E-state index < -0.39 is 11.6 Å². The summed E-state index contributed by atoms with van der Waals surface area (Å²) in [5, 5.41) is 2.84. The minimum Gasteiger partial charge on any atom is -0.379 e. The van der Waals surface area contributed by atoms with Gasteiger partial charge in [0, 0.05) is 43.7 Å². The fraction of sp³-hybridized carbons (Fsp3) is 0.538. The van der Waals surface area contributed by atoms with Crippen LogP contribution in [-0.2, 0) is 0 Å². The molecule has 0 bridgehead atoms. The van der Waals surface area contributed by atoms with Gasteiger partial charge in [0.2, 0.25) is 0 Å². The highest BCUT2D eigenvalue weighted by molar-refractivity contribution is 9.10. The first kappa shape index (κ1) is 14.7. The van der Waals surface area contributed by atoms with Crippen molar-refractivity contribution < 1.29 is 8.78 Å². The second-order valence-electron chi connectivity index (χ2n) is 4.82. The van der Waals surface area contributed by atoms with E-state index in [4.69, 9.17) is 0 Å². The molecule has 19 heavy (non-hydrogen) atoms. The molecule has 0 amide bonds. The molecule has 6 heteroatoms. The smallest absolute Gasteiger partial charge is 0.150 e. The highest BCUT2D eigenvalue weighted by Gasteiger charge is 2.14. The van der Waals surface area contributed by atoms with E-state index in [-0.39, 0.29) is 5.69 Å². The van der Waals surface area contributed by atoms with Crippen molar-refractivity contribution in [2.45, 2.75) is 0 Å². The molecule has 1 aromatic carbocycles. The van der Waals surface area contributed by atoms with Gasteiger partial charge >= 0.3 is 0 Å². The van der Waals surface area contributed by atoms with Crippen molar-refractivity contribution in [2.75, 3.05) is 51.6 Å². The standard InChI is InChI=1S/C13H18BrF2N3/c1-18-4-6-19(7-5-18)3-2-17-13-11(15)8-10(14)9-12(13)16/h8-9,17H,2-7H2,1H3. The van der Waals surface area contributed by atoms with Crippen LogP contribution in [0.25, 0.3) is 0 Å². The van der Waals surface area contributed by atoms with Crippen molar-refractivity contribution in [1.82, 2.24) is 9.80 Å². The number of nitrogens with one attached hydrogen (secondary N) is 1. The van der Waals surface area contributed by atoms with Gasteiger partial charge in [0.15, 0.2) is 0 Å². The second kappa shape index (κ2) is 6.63. The summed E-state index contributed by atoms with van der Waals surface area (Å²) in [6.45, 7) is 5.43. The van der Waals surface area contributed by atoms with E-state index in [0.717, 1.165) is 32.7 Å². The summed E-state index contributed by atoms with van der Waals surface area (Å²) in [6, 6.07) is 2.53. The van der Waals surface area contributed by atoms with Crippen molar-refractivity contribution in [3.8, 4) is 0 Å². The third-order valence-electron chi connectivity index (χ3n) is 3.33. The number of hydrogen-bond donors (Lipinski definition) is 1. The molecule has 1 fully saturated rings. The van der Waals surface area contributed by atoms with E-state index in [1.165, 1.54) is 12.1 Å². The summed E-state index contributed by atoms with van der Waals surface area (Å²) in [5.74, 6) is -1.13. The predicted molar refractivity (Wildman–Crippen MR) is 76.5 cm³/mol. The van der Waals surface area contributed by atoms with E-state index >= 15 is 0 Å². The Hall–Kier alpha value is -0.720. The molecule has 3 nitrogen and oxygen atoms in total. The van der Waals surface area contributed by atoms with Crippen LogP contribution >= 0.6 is 15.9 Å². The molecule has 0 aromatic heterocycles. The molecule has 1 N–H and O–H groups in total. The molecule has 1 heterocycles. The van der Waals surface area contributed by atoms with Gasteiger partial charge < -0.3 is 10.2 Å². The first-order chi connectivity index (χ1) is 9.06. The first-order valence-corrected chi connectivity index (χ1v) is 7.15. The molecule has 0 unspecified atom stereocenters. The first-order valence-electron chi connectivity index (χ1n) is 6.35.